The Morgan fingerprint density at radius 3 is 2.12 bits per heavy atom. The van der Waals surface area contributed by atoms with Crippen molar-refractivity contribution in [3.63, 3.8) is 0 Å². The quantitative estimate of drug-likeness (QED) is 0.736. The number of hydrogen-bond acceptors (Lipinski definition) is 3. The zero-order valence-corrected chi connectivity index (χ0v) is 11.1. The van der Waals surface area contributed by atoms with E-state index in [0.29, 0.717) is 13.1 Å². The van der Waals surface area contributed by atoms with Crippen molar-refractivity contribution in [3.05, 3.63) is 0 Å². The molecule has 1 aliphatic carbocycles. The zero-order valence-electron chi connectivity index (χ0n) is 10.3. The summed E-state index contributed by atoms with van der Waals surface area (Å²) in [4.78, 5) is 0. The average molecular weight is 250 g/mol. The Labute approximate surface area is 98.2 Å². The fourth-order valence-corrected chi connectivity index (χ4v) is 3.24. The lowest BCUT2D eigenvalue weighted by Crippen LogP contribution is -2.48. The van der Waals surface area contributed by atoms with Crippen molar-refractivity contribution in [3.8, 4) is 0 Å². The van der Waals surface area contributed by atoms with Crippen LogP contribution < -0.4 is 0 Å². The van der Waals surface area contributed by atoms with Gasteiger partial charge in [0.15, 0.2) is 0 Å². The maximum absolute atomic E-state index is 12.0. The van der Waals surface area contributed by atoms with Crippen molar-refractivity contribution in [2.45, 2.75) is 26.2 Å². The van der Waals surface area contributed by atoms with E-state index in [1.54, 1.807) is 21.0 Å². The van der Waals surface area contributed by atoms with Crippen molar-refractivity contribution in [2.75, 3.05) is 33.8 Å². The van der Waals surface area contributed by atoms with E-state index in [4.69, 9.17) is 0 Å². The van der Waals surface area contributed by atoms with Gasteiger partial charge in [0.25, 0.3) is 10.2 Å². The molecule has 1 aliphatic rings. The third-order valence-electron chi connectivity index (χ3n) is 3.54. The minimum Gasteiger partial charge on any atom is -0.396 e. The summed E-state index contributed by atoms with van der Waals surface area (Å²) >= 11 is 0. The number of nitrogens with zero attached hydrogens (tertiary/aromatic N) is 2. The number of aliphatic hydroxyl groups excluding tert-OH is 1. The van der Waals surface area contributed by atoms with E-state index in [1.165, 1.54) is 8.61 Å². The predicted molar refractivity (Wildman–Crippen MR) is 63.2 cm³/mol. The smallest absolute Gasteiger partial charge is 0.281 e. The van der Waals surface area contributed by atoms with E-state index in [-0.39, 0.29) is 12.0 Å². The highest BCUT2D eigenvalue weighted by molar-refractivity contribution is 7.86. The molecule has 0 bridgehead atoms. The topological polar surface area (TPSA) is 60.9 Å². The Bertz CT molecular complexity index is 319. The standard InChI is InChI=1S/C10H22N2O3S/c1-4-11(2)16(14,15)12(3)8-10(9-13)6-5-7-10/h13H,4-9H2,1-3H3. The fourth-order valence-electron chi connectivity index (χ4n) is 2.00. The summed E-state index contributed by atoms with van der Waals surface area (Å²) in [6.07, 6.45) is 2.91. The lowest BCUT2D eigenvalue weighted by molar-refractivity contribution is 0.0302. The summed E-state index contributed by atoms with van der Waals surface area (Å²) < 4.78 is 26.6. The van der Waals surface area contributed by atoms with E-state index in [9.17, 15) is 13.5 Å². The molecule has 0 atom stereocenters. The van der Waals surface area contributed by atoms with Crippen molar-refractivity contribution in [2.24, 2.45) is 5.41 Å². The van der Waals surface area contributed by atoms with Gasteiger partial charge in [-0.3, -0.25) is 0 Å². The van der Waals surface area contributed by atoms with Crippen LogP contribution in [0.25, 0.3) is 0 Å². The largest absolute Gasteiger partial charge is 0.396 e. The minimum absolute atomic E-state index is 0.0721. The molecule has 1 rings (SSSR count). The molecule has 0 radical (unpaired) electrons. The molecule has 0 aromatic carbocycles. The highest BCUT2D eigenvalue weighted by Crippen LogP contribution is 2.41. The highest BCUT2D eigenvalue weighted by atomic mass is 32.2. The van der Waals surface area contributed by atoms with E-state index >= 15 is 0 Å². The van der Waals surface area contributed by atoms with E-state index in [0.717, 1.165) is 19.3 Å². The van der Waals surface area contributed by atoms with Gasteiger partial charge in [0.2, 0.25) is 0 Å². The van der Waals surface area contributed by atoms with Gasteiger partial charge in [-0.15, -0.1) is 0 Å². The fraction of sp³-hybridized carbons (Fsp3) is 1.00. The van der Waals surface area contributed by atoms with Crippen LogP contribution in [0.3, 0.4) is 0 Å². The second-order valence-electron chi connectivity index (χ2n) is 4.69. The molecule has 96 valence electrons. The molecule has 16 heavy (non-hydrogen) atoms. The Kier molecular flexibility index (Phi) is 4.34. The lowest BCUT2D eigenvalue weighted by Gasteiger charge is -2.42. The third kappa shape index (κ3) is 2.56. The number of rotatable bonds is 6. The van der Waals surface area contributed by atoms with Gasteiger partial charge in [-0.2, -0.15) is 17.0 Å². The van der Waals surface area contributed by atoms with Crippen LogP contribution in [0.4, 0.5) is 0 Å². The molecule has 0 aromatic heterocycles. The molecule has 1 saturated carbocycles. The van der Waals surface area contributed by atoms with Gasteiger partial charge in [0, 0.05) is 39.2 Å². The molecule has 0 unspecified atom stereocenters. The van der Waals surface area contributed by atoms with Crippen LogP contribution in [0.1, 0.15) is 26.2 Å². The van der Waals surface area contributed by atoms with Gasteiger partial charge in [0.1, 0.15) is 0 Å². The monoisotopic (exact) mass is 250 g/mol. The molecule has 0 aliphatic heterocycles. The van der Waals surface area contributed by atoms with E-state index < -0.39 is 10.2 Å². The molecule has 0 amide bonds. The van der Waals surface area contributed by atoms with Crippen LogP contribution in [0.5, 0.6) is 0 Å². The Morgan fingerprint density at radius 1 is 1.25 bits per heavy atom. The SMILES string of the molecule is CCN(C)S(=O)(=O)N(C)CC1(CO)CCC1. The van der Waals surface area contributed by atoms with Crippen molar-refractivity contribution in [1.82, 2.24) is 8.61 Å². The van der Waals surface area contributed by atoms with Crippen molar-refractivity contribution < 1.29 is 13.5 Å². The van der Waals surface area contributed by atoms with Crippen LogP contribution >= 0.6 is 0 Å². The molecule has 6 heteroatoms. The first-order valence-electron chi connectivity index (χ1n) is 5.66. The van der Waals surface area contributed by atoms with Crippen LogP contribution in [-0.4, -0.2) is 55.9 Å². The Morgan fingerprint density at radius 2 is 1.81 bits per heavy atom. The summed E-state index contributed by atoms with van der Waals surface area (Å²) in [5.41, 5.74) is -0.198. The summed E-state index contributed by atoms with van der Waals surface area (Å²) in [5.74, 6) is 0. The van der Waals surface area contributed by atoms with Crippen LogP contribution in [0, 0.1) is 5.41 Å². The number of hydrogen-bond donors (Lipinski definition) is 1. The van der Waals surface area contributed by atoms with Gasteiger partial charge in [0.05, 0.1) is 0 Å². The average Bonchev–Trinajstić information content (AvgIpc) is 2.21. The van der Waals surface area contributed by atoms with Crippen LogP contribution in [0.15, 0.2) is 0 Å². The van der Waals surface area contributed by atoms with Gasteiger partial charge in [-0.1, -0.05) is 13.3 Å². The normalized spacial score (nSPS) is 20.1. The summed E-state index contributed by atoms with van der Waals surface area (Å²) in [6, 6.07) is 0. The second kappa shape index (κ2) is 5.00. The van der Waals surface area contributed by atoms with Crippen molar-refractivity contribution >= 4 is 10.2 Å². The molecular formula is C10H22N2O3S. The molecule has 0 aromatic rings. The Balaban J connectivity index is 2.68. The maximum Gasteiger partial charge on any atom is 0.281 e. The van der Waals surface area contributed by atoms with Gasteiger partial charge in [-0.05, 0) is 12.8 Å². The summed E-state index contributed by atoms with van der Waals surface area (Å²) in [5, 5.41) is 9.31. The van der Waals surface area contributed by atoms with Crippen LogP contribution in [0.2, 0.25) is 0 Å². The van der Waals surface area contributed by atoms with Crippen LogP contribution in [-0.2, 0) is 10.2 Å². The minimum atomic E-state index is -3.35. The first-order valence-corrected chi connectivity index (χ1v) is 7.06. The summed E-state index contributed by atoms with van der Waals surface area (Å²) in [7, 11) is -0.205. The van der Waals surface area contributed by atoms with Gasteiger partial charge < -0.3 is 5.11 Å². The third-order valence-corrected chi connectivity index (χ3v) is 5.50. The molecule has 1 fully saturated rings. The van der Waals surface area contributed by atoms with Gasteiger partial charge in [-0.25, -0.2) is 0 Å². The van der Waals surface area contributed by atoms with Gasteiger partial charge >= 0.3 is 0 Å². The molecule has 0 spiro atoms. The molecule has 0 heterocycles. The zero-order chi connectivity index (χ0) is 12.4. The number of aliphatic hydroxyl groups is 1. The first kappa shape index (κ1) is 13.9. The molecule has 1 N–H and O–H groups in total. The lowest BCUT2D eigenvalue weighted by atomic mass is 9.69. The predicted octanol–water partition coefficient (Wildman–Crippen LogP) is 0.277. The summed E-state index contributed by atoms with van der Waals surface area (Å²) in [6.45, 7) is 2.74. The molecule has 5 nitrogen and oxygen atoms in total. The highest BCUT2D eigenvalue weighted by Gasteiger charge is 2.40. The first-order chi connectivity index (χ1) is 7.38. The molecular weight excluding hydrogens is 228 g/mol. The Hall–Kier alpha value is -0.170. The maximum atomic E-state index is 12.0. The van der Waals surface area contributed by atoms with Crippen molar-refractivity contribution in [1.29, 1.82) is 0 Å². The van der Waals surface area contributed by atoms with E-state index in [1.807, 2.05) is 0 Å². The second-order valence-corrected chi connectivity index (χ2v) is 6.83. The van der Waals surface area contributed by atoms with E-state index in [2.05, 4.69) is 0 Å². The molecule has 0 saturated heterocycles.